The number of hydrogen-bond donors (Lipinski definition) is 0. The molecule has 1 nitrogen and oxygen atoms in total. The number of pyridine rings is 1. The molecule has 1 aromatic heterocycles. The van der Waals surface area contributed by atoms with Crippen LogP contribution in [0.5, 0.6) is 0 Å². The van der Waals surface area contributed by atoms with Gasteiger partial charge in [0.1, 0.15) is 0 Å². The van der Waals surface area contributed by atoms with Gasteiger partial charge in [-0.25, -0.2) is 0 Å². The standard InChI is InChI=1S/C15H23N/c1-13-10-11-16-15(12-13)14-8-6-4-2-3-5-7-9-14/h10-12,14H,2-9H2,1H3. The Morgan fingerprint density at radius 1 is 1.00 bits per heavy atom. The van der Waals surface area contributed by atoms with Crippen LogP contribution < -0.4 is 0 Å². The Balaban J connectivity index is 2.04. The van der Waals surface area contributed by atoms with Gasteiger partial charge >= 0.3 is 0 Å². The van der Waals surface area contributed by atoms with Crippen molar-refractivity contribution in [3.63, 3.8) is 0 Å². The van der Waals surface area contributed by atoms with Crippen molar-refractivity contribution < 1.29 is 0 Å². The third kappa shape index (κ3) is 3.33. The Labute approximate surface area is 99.3 Å². The summed E-state index contributed by atoms with van der Waals surface area (Å²) in [5.74, 6) is 0.720. The van der Waals surface area contributed by atoms with E-state index in [2.05, 4.69) is 24.0 Å². The third-order valence-corrected chi connectivity index (χ3v) is 3.71. The molecule has 0 atom stereocenters. The molecule has 0 radical (unpaired) electrons. The van der Waals surface area contributed by atoms with E-state index in [1.54, 1.807) is 0 Å². The summed E-state index contributed by atoms with van der Waals surface area (Å²) in [6.45, 7) is 2.17. The molecule has 1 heteroatoms. The highest BCUT2D eigenvalue weighted by molar-refractivity contribution is 5.17. The van der Waals surface area contributed by atoms with Crippen LogP contribution in [0.15, 0.2) is 18.3 Å². The Morgan fingerprint density at radius 3 is 2.25 bits per heavy atom. The fourth-order valence-electron chi connectivity index (χ4n) is 2.71. The van der Waals surface area contributed by atoms with E-state index >= 15 is 0 Å². The van der Waals surface area contributed by atoms with Crippen molar-refractivity contribution in [1.29, 1.82) is 0 Å². The molecular formula is C15H23N. The summed E-state index contributed by atoms with van der Waals surface area (Å²) in [4.78, 5) is 4.57. The number of rotatable bonds is 1. The van der Waals surface area contributed by atoms with Crippen LogP contribution in [-0.4, -0.2) is 4.98 Å². The van der Waals surface area contributed by atoms with Crippen molar-refractivity contribution in [3.05, 3.63) is 29.6 Å². The van der Waals surface area contributed by atoms with E-state index in [4.69, 9.17) is 0 Å². The van der Waals surface area contributed by atoms with Crippen LogP contribution in [0, 0.1) is 6.92 Å². The van der Waals surface area contributed by atoms with Crippen LogP contribution in [-0.2, 0) is 0 Å². The summed E-state index contributed by atoms with van der Waals surface area (Å²) in [7, 11) is 0. The number of aromatic nitrogens is 1. The zero-order chi connectivity index (χ0) is 11.2. The van der Waals surface area contributed by atoms with Crippen molar-refractivity contribution in [2.24, 2.45) is 0 Å². The molecule has 1 fully saturated rings. The van der Waals surface area contributed by atoms with Gasteiger partial charge < -0.3 is 0 Å². The van der Waals surface area contributed by atoms with Gasteiger partial charge in [-0.1, -0.05) is 38.5 Å². The topological polar surface area (TPSA) is 12.9 Å². The van der Waals surface area contributed by atoms with Gasteiger partial charge in [0.2, 0.25) is 0 Å². The minimum absolute atomic E-state index is 0.720. The van der Waals surface area contributed by atoms with E-state index in [1.165, 1.54) is 62.6 Å². The van der Waals surface area contributed by atoms with Crippen LogP contribution in [0.2, 0.25) is 0 Å². The fourth-order valence-corrected chi connectivity index (χ4v) is 2.71. The molecule has 0 saturated heterocycles. The van der Waals surface area contributed by atoms with Gasteiger partial charge in [0, 0.05) is 17.8 Å². The van der Waals surface area contributed by atoms with Gasteiger partial charge in [-0.3, -0.25) is 4.98 Å². The SMILES string of the molecule is Cc1ccnc(C2CCCCCCCC2)c1. The molecule has 2 rings (SSSR count). The summed E-state index contributed by atoms with van der Waals surface area (Å²) in [6.07, 6.45) is 13.2. The highest BCUT2D eigenvalue weighted by Gasteiger charge is 2.13. The average Bonchev–Trinajstić information content (AvgIpc) is 2.42. The van der Waals surface area contributed by atoms with Gasteiger partial charge in [-0.15, -0.1) is 0 Å². The average molecular weight is 217 g/mol. The predicted octanol–water partition coefficient (Wildman–Crippen LogP) is 4.61. The lowest BCUT2D eigenvalue weighted by atomic mass is 9.92. The maximum atomic E-state index is 4.57. The van der Waals surface area contributed by atoms with E-state index in [-0.39, 0.29) is 0 Å². The number of nitrogens with zero attached hydrogens (tertiary/aromatic N) is 1. The molecule has 0 N–H and O–H groups in total. The first-order valence-corrected chi connectivity index (χ1v) is 6.79. The summed E-state index contributed by atoms with van der Waals surface area (Å²) in [6, 6.07) is 4.38. The van der Waals surface area contributed by atoms with Crippen molar-refractivity contribution >= 4 is 0 Å². The first-order chi connectivity index (χ1) is 7.86. The van der Waals surface area contributed by atoms with E-state index in [1.807, 2.05) is 6.20 Å². The first kappa shape index (κ1) is 11.6. The number of aryl methyl sites for hydroxylation is 1. The Hall–Kier alpha value is -0.850. The fraction of sp³-hybridized carbons (Fsp3) is 0.667. The summed E-state index contributed by atoms with van der Waals surface area (Å²) in [5.41, 5.74) is 2.69. The highest BCUT2D eigenvalue weighted by atomic mass is 14.7. The second-order valence-corrected chi connectivity index (χ2v) is 5.15. The molecule has 0 aliphatic heterocycles. The minimum atomic E-state index is 0.720. The lowest BCUT2D eigenvalue weighted by Gasteiger charge is -2.15. The van der Waals surface area contributed by atoms with Crippen LogP contribution in [0.4, 0.5) is 0 Å². The van der Waals surface area contributed by atoms with Gasteiger partial charge in [0.25, 0.3) is 0 Å². The maximum absolute atomic E-state index is 4.57. The Kier molecular flexibility index (Phi) is 4.38. The molecule has 1 saturated carbocycles. The van der Waals surface area contributed by atoms with Crippen LogP contribution in [0.25, 0.3) is 0 Å². The minimum Gasteiger partial charge on any atom is -0.261 e. The van der Waals surface area contributed by atoms with E-state index in [0.29, 0.717) is 0 Å². The normalized spacial score (nSPS) is 19.8. The first-order valence-electron chi connectivity index (χ1n) is 6.79. The zero-order valence-electron chi connectivity index (χ0n) is 10.4. The molecule has 0 aromatic carbocycles. The summed E-state index contributed by atoms with van der Waals surface area (Å²) >= 11 is 0. The molecule has 0 unspecified atom stereocenters. The smallest absolute Gasteiger partial charge is 0.0437 e. The van der Waals surface area contributed by atoms with Crippen molar-refractivity contribution in [1.82, 2.24) is 4.98 Å². The van der Waals surface area contributed by atoms with E-state index in [9.17, 15) is 0 Å². The van der Waals surface area contributed by atoms with Crippen LogP contribution in [0.3, 0.4) is 0 Å². The predicted molar refractivity (Wildman–Crippen MR) is 68.7 cm³/mol. The second-order valence-electron chi connectivity index (χ2n) is 5.15. The van der Waals surface area contributed by atoms with E-state index < -0.39 is 0 Å². The van der Waals surface area contributed by atoms with Gasteiger partial charge in [-0.05, 0) is 37.5 Å². The molecule has 1 aliphatic rings. The molecule has 88 valence electrons. The third-order valence-electron chi connectivity index (χ3n) is 3.71. The number of hydrogen-bond acceptors (Lipinski definition) is 1. The van der Waals surface area contributed by atoms with Gasteiger partial charge in [0.15, 0.2) is 0 Å². The summed E-state index contributed by atoms with van der Waals surface area (Å²) in [5, 5.41) is 0. The summed E-state index contributed by atoms with van der Waals surface area (Å²) < 4.78 is 0. The highest BCUT2D eigenvalue weighted by Crippen LogP contribution is 2.29. The van der Waals surface area contributed by atoms with Gasteiger partial charge in [0.05, 0.1) is 0 Å². The molecule has 0 spiro atoms. The monoisotopic (exact) mass is 217 g/mol. The van der Waals surface area contributed by atoms with Crippen LogP contribution >= 0.6 is 0 Å². The molecular weight excluding hydrogens is 194 g/mol. The molecule has 1 heterocycles. The largest absolute Gasteiger partial charge is 0.261 e. The van der Waals surface area contributed by atoms with Crippen LogP contribution in [0.1, 0.15) is 68.5 Å². The van der Waals surface area contributed by atoms with Gasteiger partial charge in [-0.2, -0.15) is 0 Å². The molecule has 1 aromatic rings. The Bertz CT molecular complexity index is 309. The van der Waals surface area contributed by atoms with Crippen molar-refractivity contribution in [2.75, 3.05) is 0 Å². The second kappa shape index (κ2) is 6.03. The quantitative estimate of drug-likeness (QED) is 0.669. The molecule has 16 heavy (non-hydrogen) atoms. The lowest BCUT2D eigenvalue weighted by Crippen LogP contribution is -2.01. The Morgan fingerprint density at radius 2 is 1.62 bits per heavy atom. The molecule has 0 bridgehead atoms. The molecule has 1 aliphatic carbocycles. The van der Waals surface area contributed by atoms with Crippen molar-refractivity contribution in [2.45, 2.75) is 64.2 Å². The zero-order valence-corrected chi connectivity index (χ0v) is 10.4. The van der Waals surface area contributed by atoms with E-state index in [0.717, 1.165) is 5.92 Å². The van der Waals surface area contributed by atoms with Crippen molar-refractivity contribution in [3.8, 4) is 0 Å². The molecule has 0 amide bonds. The maximum Gasteiger partial charge on any atom is 0.0437 e. The lowest BCUT2D eigenvalue weighted by molar-refractivity contribution is 0.528.